The van der Waals surface area contributed by atoms with Crippen molar-refractivity contribution in [1.29, 1.82) is 5.41 Å². The van der Waals surface area contributed by atoms with E-state index >= 15 is 0 Å². The van der Waals surface area contributed by atoms with Crippen LogP contribution in [-0.4, -0.2) is 26.3 Å². The molecule has 7 heteroatoms. The van der Waals surface area contributed by atoms with Gasteiger partial charge in [-0.15, -0.1) is 0 Å². The number of aromatic nitrogens is 3. The van der Waals surface area contributed by atoms with Crippen molar-refractivity contribution in [3.05, 3.63) is 82.3 Å². The van der Waals surface area contributed by atoms with E-state index in [0.717, 1.165) is 5.56 Å². The van der Waals surface area contributed by atoms with E-state index in [-0.39, 0.29) is 30.2 Å². The molecule has 0 aliphatic rings. The van der Waals surface area contributed by atoms with Crippen LogP contribution < -0.4 is 5.56 Å². The van der Waals surface area contributed by atoms with Gasteiger partial charge in [0, 0.05) is 18.4 Å². The number of fused-ring (bicyclic) bond motifs is 3. The second kappa shape index (κ2) is 7.71. The third kappa shape index (κ3) is 3.80. The van der Waals surface area contributed by atoms with Gasteiger partial charge in [0.2, 0.25) is 0 Å². The van der Waals surface area contributed by atoms with Gasteiger partial charge in [0.15, 0.2) is 0 Å². The van der Waals surface area contributed by atoms with Gasteiger partial charge >= 0.3 is 5.97 Å². The number of esters is 1. The average Bonchev–Trinajstić information content (AvgIpc) is 3.17. The summed E-state index contributed by atoms with van der Waals surface area (Å²) < 4.78 is 6.90. The van der Waals surface area contributed by atoms with Crippen LogP contribution >= 0.6 is 0 Å². The lowest BCUT2D eigenvalue weighted by molar-refractivity contribution is -0.137. The molecule has 0 aliphatic heterocycles. The molecule has 2 aromatic carbocycles. The predicted octanol–water partition coefficient (Wildman–Crippen LogP) is 3.43. The highest BCUT2D eigenvalue weighted by molar-refractivity contribution is 6.35. The standard InChI is InChI=1S/C22H20N4O3/c1-14(11-17(23)22(28)29-13-15-7-3-2-4-8-15)18-12-20-24-21(27)16-9-5-6-10-19(16)26(20)25-18/h2-10,12,14,23H,11,13H2,1H3,(H,24,27). The summed E-state index contributed by atoms with van der Waals surface area (Å²) in [6.07, 6.45) is 0.194. The lowest BCUT2D eigenvalue weighted by atomic mass is 10.0. The first kappa shape index (κ1) is 18.6. The first-order valence-corrected chi connectivity index (χ1v) is 9.32. The molecule has 4 rings (SSSR count). The van der Waals surface area contributed by atoms with Gasteiger partial charge < -0.3 is 9.72 Å². The smallest absolute Gasteiger partial charge is 0.352 e. The number of carbonyl (C=O) groups is 1. The normalized spacial score (nSPS) is 12.2. The maximum absolute atomic E-state index is 12.2. The minimum Gasteiger partial charge on any atom is -0.456 e. The number of hydrogen-bond donors (Lipinski definition) is 2. The molecule has 0 bridgehead atoms. The van der Waals surface area contributed by atoms with Gasteiger partial charge in [-0.2, -0.15) is 5.10 Å². The van der Waals surface area contributed by atoms with Crippen LogP contribution in [0, 0.1) is 5.41 Å². The SMILES string of the molecule is CC(CC(=N)C(=O)OCc1ccccc1)c1cc2[nH]c(=O)c3ccccc3n2n1. The van der Waals surface area contributed by atoms with Gasteiger partial charge in [0.05, 0.1) is 16.6 Å². The van der Waals surface area contributed by atoms with Crippen molar-refractivity contribution in [2.45, 2.75) is 25.9 Å². The van der Waals surface area contributed by atoms with Crippen LogP contribution in [0.5, 0.6) is 0 Å². The summed E-state index contributed by atoms with van der Waals surface area (Å²) >= 11 is 0. The second-order valence-electron chi connectivity index (χ2n) is 6.98. The molecule has 4 aromatic rings. The van der Waals surface area contributed by atoms with E-state index in [2.05, 4.69) is 10.1 Å². The molecule has 146 valence electrons. The van der Waals surface area contributed by atoms with Crippen molar-refractivity contribution in [3.8, 4) is 0 Å². The number of ether oxygens (including phenoxy) is 1. The lowest BCUT2D eigenvalue weighted by Crippen LogP contribution is -2.18. The first-order valence-electron chi connectivity index (χ1n) is 9.32. The van der Waals surface area contributed by atoms with E-state index in [9.17, 15) is 9.59 Å². The summed E-state index contributed by atoms with van der Waals surface area (Å²) in [5.41, 5.74) is 2.57. The summed E-state index contributed by atoms with van der Waals surface area (Å²) in [6, 6.07) is 18.4. The zero-order chi connectivity index (χ0) is 20.4. The molecule has 0 fully saturated rings. The fourth-order valence-electron chi connectivity index (χ4n) is 3.25. The van der Waals surface area contributed by atoms with Gasteiger partial charge in [-0.25, -0.2) is 9.31 Å². The van der Waals surface area contributed by atoms with E-state index in [1.54, 1.807) is 22.7 Å². The molecule has 0 amide bonds. The van der Waals surface area contributed by atoms with Crippen LogP contribution in [0.15, 0.2) is 65.5 Å². The zero-order valence-electron chi connectivity index (χ0n) is 15.9. The zero-order valence-corrected chi connectivity index (χ0v) is 15.9. The molecular formula is C22H20N4O3. The monoisotopic (exact) mass is 388 g/mol. The summed E-state index contributed by atoms with van der Waals surface area (Å²) in [7, 11) is 0. The summed E-state index contributed by atoms with van der Waals surface area (Å²) in [5.74, 6) is -0.822. The number of para-hydroxylation sites is 1. The summed E-state index contributed by atoms with van der Waals surface area (Å²) in [6.45, 7) is 2.03. The van der Waals surface area contributed by atoms with Crippen LogP contribution in [0.4, 0.5) is 0 Å². The van der Waals surface area contributed by atoms with Crippen LogP contribution in [-0.2, 0) is 16.1 Å². The highest BCUT2D eigenvalue weighted by Crippen LogP contribution is 2.21. The number of nitrogens with one attached hydrogen (secondary N) is 2. The number of aromatic amines is 1. The predicted molar refractivity (Wildman–Crippen MR) is 110 cm³/mol. The van der Waals surface area contributed by atoms with E-state index in [1.807, 2.05) is 49.4 Å². The number of H-pyrrole nitrogens is 1. The third-order valence-corrected chi connectivity index (χ3v) is 4.82. The molecular weight excluding hydrogens is 368 g/mol. The Bertz CT molecular complexity index is 1260. The fraction of sp³-hybridized carbons (Fsp3) is 0.182. The molecule has 0 spiro atoms. The number of benzene rings is 2. The molecule has 0 aliphatic carbocycles. The van der Waals surface area contributed by atoms with Crippen LogP contribution in [0.2, 0.25) is 0 Å². The Balaban J connectivity index is 1.49. The molecule has 0 saturated heterocycles. The van der Waals surface area contributed by atoms with E-state index in [0.29, 0.717) is 22.2 Å². The minimum atomic E-state index is -0.636. The number of carbonyl (C=O) groups excluding carboxylic acids is 1. The van der Waals surface area contributed by atoms with Gasteiger partial charge in [0.1, 0.15) is 18.0 Å². The molecule has 2 N–H and O–H groups in total. The van der Waals surface area contributed by atoms with Crippen molar-refractivity contribution < 1.29 is 9.53 Å². The van der Waals surface area contributed by atoms with Gasteiger partial charge in [-0.1, -0.05) is 49.4 Å². The van der Waals surface area contributed by atoms with Crippen molar-refractivity contribution in [3.63, 3.8) is 0 Å². The van der Waals surface area contributed by atoms with Gasteiger partial charge in [-0.05, 0) is 17.7 Å². The molecule has 1 atom stereocenters. The van der Waals surface area contributed by atoms with E-state index in [1.165, 1.54) is 0 Å². The molecule has 2 aromatic heterocycles. The quantitative estimate of drug-likeness (QED) is 0.390. The number of nitrogens with zero attached hydrogens (tertiary/aromatic N) is 2. The van der Waals surface area contributed by atoms with Crippen molar-refractivity contribution in [1.82, 2.24) is 14.6 Å². The van der Waals surface area contributed by atoms with Crippen LogP contribution in [0.3, 0.4) is 0 Å². The molecule has 0 radical (unpaired) electrons. The van der Waals surface area contributed by atoms with Gasteiger partial charge in [0.25, 0.3) is 5.56 Å². The Morgan fingerprint density at radius 1 is 1.17 bits per heavy atom. The Morgan fingerprint density at radius 2 is 1.90 bits per heavy atom. The average molecular weight is 388 g/mol. The Morgan fingerprint density at radius 3 is 2.69 bits per heavy atom. The summed E-state index contributed by atoms with van der Waals surface area (Å²) in [4.78, 5) is 27.2. The topological polar surface area (TPSA) is 100 Å². The molecule has 7 nitrogen and oxygen atoms in total. The second-order valence-corrected chi connectivity index (χ2v) is 6.98. The molecule has 2 heterocycles. The third-order valence-electron chi connectivity index (χ3n) is 4.82. The Kier molecular flexibility index (Phi) is 4.95. The van der Waals surface area contributed by atoms with Crippen molar-refractivity contribution >= 4 is 28.2 Å². The van der Waals surface area contributed by atoms with Crippen LogP contribution in [0.25, 0.3) is 16.6 Å². The van der Waals surface area contributed by atoms with Gasteiger partial charge in [-0.3, -0.25) is 10.2 Å². The minimum absolute atomic E-state index is 0.108. The fourth-order valence-corrected chi connectivity index (χ4v) is 3.25. The highest BCUT2D eigenvalue weighted by atomic mass is 16.5. The van der Waals surface area contributed by atoms with Crippen molar-refractivity contribution in [2.75, 3.05) is 0 Å². The number of rotatable bonds is 6. The lowest BCUT2D eigenvalue weighted by Gasteiger charge is -2.10. The summed E-state index contributed by atoms with van der Waals surface area (Å²) in [5, 5.41) is 13.2. The molecule has 29 heavy (non-hydrogen) atoms. The van der Waals surface area contributed by atoms with E-state index in [4.69, 9.17) is 10.1 Å². The van der Waals surface area contributed by atoms with E-state index < -0.39 is 5.97 Å². The first-order chi connectivity index (χ1) is 14.0. The Labute approximate surface area is 166 Å². The highest BCUT2D eigenvalue weighted by Gasteiger charge is 2.19. The molecule has 0 saturated carbocycles. The largest absolute Gasteiger partial charge is 0.456 e. The maximum Gasteiger partial charge on any atom is 0.352 e. The van der Waals surface area contributed by atoms with Crippen LogP contribution in [0.1, 0.15) is 30.5 Å². The number of hydrogen-bond acceptors (Lipinski definition) is 5. The molecule has 1 unspecified atom stereocenters. The van der Waals surface area contributed by atoms with Crippen molar-refractivity contribution in [2.24, 2.45) is 0 Å². The Hall–Kier alpha value is -3.74. The maximum atomic E-state index is 12.2.